The molecule has 156 valence electrons. The molecule has 2 unspecified atom stereocenters. The predicted molar refractivity (Wildman–Crippen MR) is 121 cm³/mol. The second-order valence-corrected chi connectivity index (χ2v) is 8.93. The van der Waals surface area contributed by atoms with Crippen molar-refractivity contribution in [2.75, 3.05) is 0 Å². The second kappa shape index (κ2) is 7.20. The number of fused-ring (bicyclic) bond motifs is 6. The molecule has 31 heavy (non-hydrogen) atoms. The van der Waals surface area contributed by atoms with Gasteiger partial charge in [-0.2, -0.15) is 4.57 Å². The van der Waals surface area contributed by atoms with Crippen LogP contribution in [0.15, 0.2) is 71.9 Å². The van der Waals surface area contributed by atoms with Crippen molar-refractivity contribution in [3.05, 3.63) is 94.3 Å². The van der Waals surface area contributed by atoms with E-state index in [0.717, 1.165) is 25.1 Å². The lowest BCUT2D eigenvalue weighted by atomic mass is 9.99. The zero-order valence-corrected chi connectivity index (χ0v) is 17.8. The number of hydrogen-bond acceptors (Lipinski definition) is 2. The number of aromatic nitrogens is 3. The normalized spacial score (nSPS) is 19.6. The molecule has 5 heteroatoms. The fourth-order valence-corrected chi connectivity index (χ4v) is 5.46. The molecule has 0 amide bonds. The molecule has 0 spiro atoms. The summed E-state index contributed by atoms with van der Waals surface area (Å²) in [5.41, 5.74) is 6.33. The smallest absolute Gasteiger partial charge is 0.319 e. The highest BCUT2D eigenvalue weighted by molar-refractivity contribution is 5.88. The van der Waals surface area contributed by atoms with Crippen molar-refractivity contribution >= 4 is 10.9 Å². The average molecular weight is 412 g/mol. The van der Waals surface area contributed by atoms with Gasteiger partial charge in [-0.15, -0.1) is 0 Å². The monoisotopic (exact) mass is 411 g/mol. The average Bonchev–Trinajstić information content (AvgIpc) is 3.31. The van der Waals surface area contributed by atoms with Crippen LogP contribution in [-0.4, -0.2) is 15.2 Å². The fraction of sp³-hybridized carbons (Fsp3) is 0.308. The molecule has 0 saturated carbocycles. The van der Waals surface area contributed by atoms with Gasteiger partial charge in [-0.25, -0.2) is 0 Å². The zero-order chi connectivity index (χ0) is 20.9. The van der Waals surface area contributed by atoms with E-state index in [1.165, 1.54) is 40.6 Å². The first kappa shape index (κ1) is 18.6. The number of rotatable bonds is 4. The van der Waals surface area contributed by atoms with E-state index in [4.69, 9.17) is 0 Å². The van der Waals surface area contributed by atoms with Crippen LogP contribution in [0.25, 0.3) is 16.6 Å². The first-order valence-corrected chi connectivity index (χ1v) is 11.2. The highest BCUT2D eigenvalue weighted by atomic mass is 16.1. The van der Waals surface area contributed by atoms with Crippen LogP contribution in [0.3, 0.4) is 0 Å². The van der Waals surface area contributed by atoms with Gasteiger partial charge in [0.05, 0.1) is 17.4 Å². The number of nitrogens with zero attached hydrogens (tertiary/aromatic N) is 3. The Hall–Kier alpha value is -3.18. The molecule has 2 bridgehead atoms. The Morgan fingerprint density at radius 2 is 2.00 bits per heavy atom. The van der Waals surface area contributed by atoms with Crippen LogP contribution >= 0.6 is 0 Å². The van der Waals surface area contributed by atoms with Crippen molar-refractivity contribution in [3.63, 3.8) is 0 Å². The molecule has 1 fully saturated rings. The van der Waals surface area contributed by atoms with Crippen molar-refractivity contribution in [2.45, 2.75) is 44.3 Å². The van der Waals surface area contributed by atoms with Crippen molar-refractivity contribution < 1.29 is 4.57 Å². The number of hydrogen-bond donors (Lipinski definition) is 1. The largest absolute Gasteiger partial charge is 0.347 e. The standard InChI is InChI=1S/C26H27N4O/c1-28-23-16-20(8-9-21(23)26-22-10-7-19(27-22)15-24(26)28)30-14-13-29(17-25(30)31)12-11-18-5-3-2-4-6-18/h2-6,8-9,13-14,16-17,19,22,27H,7,10-12,15H2,1H3/q+1. The highest BCUT2D eigenvalue weighted by Crippen LogP contribution is 2.41. The maximum atomic E-state index is 12.9. The Morgan fingerprint density at radius 3 is 2.84 bits per heavy atom. The number of aryl methyl sites for hydroxylation is 3. The van der Waals surface area contributed by atoms with Crippen LogP contribution in [-0.2, 0) is 26.4 Å². The summed E-state index contributed by atoms with van der Waals surface area (Å²) in [6.07, 6.45) is 10.1. The fourth-order valence-electron chi connectivity index (χ4n) is 5.46. The summed E-state index contributed by atoms with van der Waals surface area (Å²) in [5.74, 6) is 0. The van der Waals surface area contributed by atoms with Crippen LogP contribution in [0.1, 0.15) is 35.7 Å². The van der Waals surface area contributed by atoms with Gasteiger partial charge in [0.1, 0.15) is 0 Å². The van der Waals surface area contributed by atoms with E-state index in [1.54, 1.807) is 10.8 Å². The minimum Gasteiger partial charge on any atom is -0.347 e. The molecule has 2 aromatic carbocycles. The maximum Gasteiger partial charge on any atom is 0.319 e. The summed E-state index contributed by atoms with van der Waals surface area (Å²) < 4.78 is 6.07. The van der Waals surface area contributed by atoms with Gasteiger partial charge in [0.15, 0.2) is 12.7 Å². The Bertz CT molecular complexity index is 1340. The third-order valence-electron chi connectivity index (χ3n) is 7.08. The summed E-state index contributed by atoms with van der Waals surface area (Å²) in [7, 11) is 2.17. The summed E-state index contributed by atoms with van der Waals surface area (Å²) in [4.78, 5) is 12.9. The lowest BCUT2D eigenvalue weighted by Gasteiger charge is -2.23. The third-order valence-corrected chi connectivity index (χ3v) is 7.08. The SMILES string of the molecule is Cn1c2c(c3ccc(-n4cc[n+](CCc5ccccc5)cc4=O)cc31)C1CCC(C2)N1. The Balaban J connectivity index is 1.32. The van der Waals surface area contributed by atoms with E-state index in [2.05, 4.69) is 59.4 Å². The minimum absolute atomic E-state index is 0.00499. The maximum absolute atomic E-state index is 12.9. The minimum atomic E-state index is -0.00499. The van der Waals surface area contributed by atoms with Gasteiger partial charge in [0, 0.05) is 43.1 Å². The number of benzene rings is 2. The lowest BCUT2D eigenvalue weighted by molar-refractivity contribution is -0.697. The van der Waals surface area contributed by atoms with E-state index >= 15 is 0 Å². The molecule has 2 aliphatic heterocycles. The molecule has 1 N–H and O–H groups in total. The van der Waals surface area contributed by atoms with Crippen molar-refractivity contribution in [3.8, 4) is 5.69 Å². The molecule has 6 rings (SSSR count). The zero-order valence-electron chi connectivity index (χ0n) is 17.8. The van der Waals surface area contributed by atoms with E-state index in [9.17, 15) is 4.79 Å². The second-order valence-electron chi connectivity index (χ2n) is 8.93. The molecule has 5 nitrogen and oxygen atoms in total. The molecule has 1 saturated heterocycles. The van der Waals surface area contributed by atoms with Gasteiger partial charge in [0.2, 0.25) is 6.20 Å². The van der Waals surface area contributed by atoms with Crippen LogP contribution in [0.2, 0.25) is 0 Å². The van der Waals surface area contributed by atoms with E-state index in [-0.39, 0.29) is 5.56 Å². The van der Waals surface area contributed by atoms with E-state index in [1.807, 2.05) is 23.0 Å². The van der Waals surface area contributed by atoms with Gasteiger partial charge in [-0.1, -0.05) is 36.4 Å². The first-order chi connectivity index (χ1) is 15.2. The quantitative estimate of drug-likeness (QED) is 0.524. The van der Waals surface area contributed by atoms with Crippen LogP contribution in [0.5, 0.6) is 0 Å². The Morgan fingerprint density at radius 1 is 1.13 bits per heavy atom. The van der Waals surface area contributed by atoms with Crippen LogP contribution in [0.4, 0.5) is 0 Å². The molecular formula is C26H27N4O+. The summed E-state index contributed by atoms with van der Waals surface area (Å²) >= 11 is 0. The Kier molecular flexibility index (Phi) is 4.32. The highest BCUT2D eigenvalue weighted by Gasteiger charge is 2.35. The molecule has 2 atom stereocenters. The van der Waals surface area contributed by atoms with Crippen LogP contribution in [0, 0.1) is 0 Å². The summed E-state index contributed by atoms with van der Waals surface area (Å²) in [5, 5.41) is 5.09. The van der Waals surface area contributed by atoms with Gasteiger partial charge in [0.25, 0.3) is 0 Å². The predicted octanol–water partition coefficient (Wildman–Crippen LogP) is 3.21. The van der Waals surface area contributed by atoms with E-state index in [0.29, 0.717) is 12.1 Å². The van der Waals surface area contributed by atoms with Crippen LogP contribution < -0.4 is 15.4 Å². The number of nitrogens with one attached hydrogen (secondary N) is 1. The van der Waals surface area contributed by atoms with Gasteiger partial charge >= 0.3 is 5.56 Å². The van der Waals surface area contributed by atoms with Crippen molar-refractivity contribution in [2.24, 2.45) is 7.05 Å². The summed E-state index contributed by atoms with van der Waals surface area (Å²) in [6.45, 7) is 0.791. The molecule has 4 aromatic rings. The third kappa shape index (κ3) is 3.12. The molecular weight excluding hydrogens is 384 g/mol. The van der Waals surface area contributed by atoms with Gasteiger partial charge < -0.3 is 9.88 Å². The molecule has 2 aliphatic rings. The summed E-state index contributed by atoms with van der Waals surface area (Å²) in [6, 6.07) is 17.9. The Labute approximate surface area is 181 Å². The van der Waals surface area contributed by atoms with Gasteiger partial charge in [-0.05, 0) is 36.1 Å². The topological polar surface area (TPSA) is 42.8 Å². The van der Waals surface area contributed by atoms with Crippen molar-refractivity contribution in [1.82, 2.24) is 14.5 Å². The molecule has 4 heterocycles. The van der Waals surface area contributed by atoms with Gasteiger partial charge in [-0.3, -0.25) is 9.36 Å². The molecule has 0 aliphatic carbocycles. The molecule has 0 radical (unpaired) electrons. The lowest BCUT2D eigenvalue weighted by Crippen LogP contribution is -2.40. The van der Waals surface area contributed by atoms with Crippen molar-refractivity contribution in [1.29, 1.82) is 0 Å². The molecule has 2 aromatic heterocycles. The van der Waals surface area contributed by atoms with E-state index < -0.39 is 0 Å². The first-order valence-electron chi connectivity index (χ1n) is 11.2.